The Morgan fingerprint density at radius 2 is 2.24 bits per heavy atom. The fourth-order valence-corrected chi connectivity index (χ4v) is 2.77. The Bertz CT molecular complexity index is 376. The van der Waals surface area contributed by atoms with Crippen molar-refractivity contribution < 1.29 is 4.39 Å². The molecule has 0 aromatic heterocycles. The van der Waals surface area contributed by atoms with Crippen LogP contribution in [0.3, 0.4) is 0 Å². The van der Waals surface area contributed by atoms with Crippen molar-refractivity contribution in [2.24, 2.45) is 5.92 Å². The summed E-state index contributed by atoms with van der Waals surface area (Å²) in [7, 11) is 0. The minimum Gasteiger partial charge on any atom is -0.310 e. The zero-order valence-electron chi connectivity index (χ0n) is 10.2. The van der Waals surface area contributed by atoms with Crippen molar-refractivity contribution in [1.82, 2.24) is 5.32 Å². The van der Waals surface area contributed by atoms with E-state index in [2.05, 4.69) is 28.2 Å². The Morgan fingerprint density at radius 3 is 2.76 bits per heavy atom. The molecule has 0 spiro atoms. The number of hydrogen-bond acceptors (Lipinski definition) is 1. The lowest BCUT2D eigenvalue weighted by Crippen LogP contribution is -2.25. The zero-order chi connectivity index (χ0) is 12.3. The second-order valence-corrected chi connectivity index (χ2v) is 5.67. The highest BCUT2D eigenvalue weighted by Gasteiger charge is 2.22. The Labute approximate surface area is 111 Å². The Hall–Kier alpha value is -0.410. The van der Waals surface area contributed by atoms with E-state index in [9.17, 15) is 4.39 Å². The molecule has 1 aromatic carbocycles. The molecule has 94 valence electrons. The van der Waals surface area contributed by atoms with Crippen molar-refractivity contribution in [3.05, 3.63) is 34.1 Å². The quantitative estimate of drug-likeness (QED) is 0.848. The van der Waals surface area contributed by atoms with E-state index in [1.54, 1.807) is 6.07 Å². The summed E-state index contributed by atoms with van der Waals surface area (Å²) in [5, 5.41) is 3.50. The minimum atomic E-state index is -0.187. The number of nitrogens with one attached hydrogen (secondary N) is 1. The van der Waals surface area contributed by atoms with Crippen LogP contribution < -0.4 is 5.32 Å². The summed E-state index contributed by atoms with van der Waals surface area (Å²) in [6, 6.07) is 5.71. The zero-order valence-corrected chi connectivity index (χ0v) is 11.8. The lowest BCUT2D eigenvalue weighted by atomic mass is 9.79. The summed E-state index contributed by atoms with van der Waals surface area (Å²) >= 11 is 3.26. The van der Waals surface area contributed by atoms with E-state index >= 15 is 0 Å². The van der Waals surface area contributed by atoms with Crippen LogP contribution in [0, 0.1) is 11.7 Å². The van der Waals surface area contributed by atoms with Crippen molar-refractivity contribution >= 4 is 15.9 Å². The third-order valence-electron chi connectivity index (χ3n) is 3.59. The predicted octanol–water partition coefficient (Wildman–Crippen LogP) is 4.43. The largest absolute Gasteiger partial charge is 0.310 e. The summed E-state index contributed by atoms with van der Waals surface area (Å²) in [5.74, 6) is 0.663. The van der Waals surface area contributed by atoms with Crippen LogP contribution in [-0.2, 0) is 0 Å². The lowest BCUT2D eigenvalue weighted by Gasteiger charge is -2.30. The van der Waals surface area contributed by atoms with Crippen molar-refractivity contribution in [2.75, 3.05) is 6.54 Å². The van der Waals surface area contributed by atoms with Gasteiger partial charge in [-0.1, -0.05) is 32.3 Å². The topological polar surface area (TPSA) is 12.0 Å². The van der Waals surface area contributed by atoms with E-state index in [1.807, 2.05) is 12.1 Å². The second-order valence-electron chi connectivity index (χ2n) is 4.82. The summed E-state index contributed by atoms with van der Waals surface area (Å²) in [5.41, 5.74) is 1.19. The Balaban J connectivity index is 2.09. The summed E-state index contributed by atoms with van der Waals surface area (Å²) < 4.78 is 13.8. The highest BCUT2D eigenvalue weighted by atomic mass is 79.9. The van der Waals surface area contributed by atoms with Gasteiger partial charge in [0, 0.05) is 6.04 Å². The Morgan fingerprint density at radius 1 is 1.47 bits per heavy atom. The number of halogens is 2. The van der Waals surface area contributed by atoms with Gasteiger partial charge in [-0.15, -0.1) is 0 Å². The van der Waals surface area contributed by atoms with E-state index in [-0.39, 0.29) is 5.82 Å². The summed E-state index contributed by atoms with van der Waals surface area (Å²) in [6.45, 7) is 3.07. The molecule has 0 amide bonds. The van der Waals surface area contributed by atoms with Crippen LogP contribution in [0.15, 0.2) is 22.7 Å². The van der Waals surface area contributed by atoms with Crippen LogP contribution in [0.2, 0.25) is 0 Å². The van der Waals surface area contributed by atoms with E-state index in [0.717, 1.165) is 12.5 Å². The van der Waals surface area contributed by atoms with Gasteiger partial charge in [-0.25, -0.2) is 4.39 Å². The number of hydrogen-bond donors (Lipinski definition) is 1. The van der Waals surface area contributed by atoms with Crippen LogP contribution in [0.5, 0.6) is 0 Å². The highest BCUT2D eigenvalue weighted by molar-refractivity contribution is 9.10. The number of benzene rings is 1. The smallest absolute Gasteiger partial charge is 0.137 e. The molecular weight excluding hydrogens is 281 g/mol. The van der Waals surface area contributed by atoms with Gasteiger partial charge in [0.25, 0.3) is 0 Å². The van der Waals surface area contributed by atoms with Crippen molar-refractivity contribution in [2.45, 2.75) is 38.6 Å². The molecule has 0 bridgehead atoms. The molecule has 0 aliphatic heterocycles. The van der Waals surface area contributed by atoms with E-state index in [4.69, 9.17) is 0 Å². The van der Waals surface area contributed by atoms with Gasteiger partial charge in [-0.3, -0.25) is 0 Å². The molecule has 0 radical (unpaired) electrons. The predicted molar refractivity (Wildman–Crippen MR) is 72.5 cm³/mol. The van der Waals surface area contributed by atoms with Crippen LogP contribution in [0.1, 0.15) is 44.2 Å². The average molecular weight is 300 g/mol. The third kappa shape index (κ3) is 3.29. The maximum atomic E-state index is 13.2. The van der Waals surface area contributed by atoms with Gasteiger partial charge in [0.05, 0.1) is 4.47 Å². The molecule has 1 saturated carbocycles. The molecule has 1 nitrogen and oxygen atoms in total. The lowest BCUT2D eigenvalue weighted by molar-refractivity contribution is 0.262. The van der Waals surface area contributed by atoms with Crippen LogP contribution in [-0.4, -0.2) is 6.54 Å². The van der Waals surface area contributed by atoms with Gasteiger partial charge in [0.2, 0.25) is 0 Å². The van der Waals surface area contributed by atoms with Gasteiger partial charge < -0.3 is 5.32 Å². The molecule has 1 unspecified atom stereocenters. The van der Waals surface area contributed by atoms with Gasteiger partial charge in [-0.2, -0.15) is 0 Å². The third-order valence-corrected chi connectivity index (χ3v) is 4.20. The van der Waals surface area contributed by atoms with Crippen molar-refractivity contribution in [1.29, 1.82) is 0 Å². The normalized spacial score (nSPS) is 17.8. The molecule has 17 heavy (non-hydrogen) atoms. The SMILES string of the molecule is CCNC(CC1CCC1)c1ccc(F)c(Br)c1. The van der Waals surface area contributed by atoms with Crippen LogP contribution >= 0.6 is 15.9 Å². The van der Waals surface area contributed by atoms with Crippen molar-refractivity contribution in [3.63, 3.8) is 0 Å². The highest BCUT2D eigenvalue weighted by Crippen LogP contribution is 2.35. The van der Waals surface area contributed by atoms with Gasteiger partial charge in [0.15, 0.2) is 0 Å². The second kappa shape index (κ2) is 5.96. The van der Waals surface area contributed by atoms with E-state index < -0.39 is 0 Å². The molecular formula is C14H19BrFN. The first-order valence-corrected chi connectivity index (χ1v) is 7.18. The monoisotopic (exact) mass is 299 g/mol. The van der Waals surface area contributed by atoms with E-state index in [1.165, 1.54) is 31.2 Å². The van der Waals surface area contributed by atoms with Crippen molar-refractivity contribution in [3.8, 4) is 0 Å². The summed E-state index contributed by atoms with van der Waals surface area (Å²) in [6.07, 6.45) is 5.25. The van der Waals surface area contributed by atoms with Gasteiger partial charge in [-0.05, 0) is 52.5 Å². The Kier molecular flexibility index (Phi) is 4.57. The van der Waals surface area contributed by atoms with E-state index in [0.29, 0.717) is 10.5 Å². The first-order valence-electron chi connectivity index (χ1n) is 6.39. The molecule has 0 heterocycles. The molecule has 1 N–H and O–H groups in total. The maximum absolute atomic E-state index is 13.2. The van der Waals surface area contributed by atoms with Gasteiger partial charge >= 0.3 is 0 Å². The molecule has 1 atom stereocenters. The first kappa shape index (κ1) is 13.0. The molecule has 2 rings (SSSR count). The summed E-state index contributed by atoms with van der Waals surface area (Å²) in [4.78, 5) is 0. The molecule has 0 saturated heterocycles. The molecule has 1 aliphatic carbocycles. The molecule has 1 aliphatic rings. The van der Waals surface area contributed by atoms with Crippen LogP contribution in [0.4, 0.5) is 4.39 Å². The molecule has 3 heteroatoms. The molecule has 1 fully saturated rings. The fraction of sp³-hybridized carbons (Fsp3) is 0.571. The fourth-order valence-electron chi connectivity index (χ4n) is 2.37. The average Bonchev–Trinajstić information content (AvgIpc) is 2.25. The first-order chi connectivity index (χ1) is 8.20. The van der Waals surface area contributed by atoms with Gasteiger partial charge in [0.1, 0.15) is 5.82 Å². The maximum Gasteiger partial charge on any atom is 0.137 e. The standard InChI is InChI=1S/C14H19BrFN/c1-2-17-14(8-10-4-3-5-10)11-6-7-13(16)12(15)9-11/h6-7,9-10,14,17H,2-5,8H2,1H3. The van der Waals surface area contributed by atoms with Crippen LogP contribution in [0.25, 0.3) is 0 Å². The minimum absolute atomic E-state index is 0.187. The molecule has 1 aromatic rings. The number of rotatable bonds is 5.